The minimum Gasteiger partial charge on any atom is -0.333 e. The van der Waals surface area contributed by atoms with Gasteiger partial charge in [-0.25, -0.2) is 0 Å². The molecular weight excluding hydrogens is 302 g/mol. The molecule has 1 aliphatic carbocycles. The van der Waals surface area contributed by atoms with E-state index >= 15 is 0 Å². The van der Waals surface area contributed by atoms with E-state index < -0.39 is 0 Å². The molecule has 0 aromatic heterocycles. The molecule has 24 heavy (non-hydrogen) atoms. The van der Waals surface area contributed by atoms with Crippen molar-refractivity contribution in [2.24, 2.45) is 11.8 Å². The highest BCUT2D eigenvalue weighted by atomic mass is 16.2. The van der Waals surface area contributed by atoms with Gasteiger partial charge in [0, 0.05) is 18.9 Å². The average Bonchev–Trinajstić information content (AvgIpc) is 3.00. The topological polar surface area (TPSA) is 54.5 Å². The minimum absolute atomic E-state index is 0.0204. The third kappa shape index (κ3) is 4.90. The predicted octanol–water partition coefficient (Wildman–Crippen LogP) is 3.91. The summed E-state index contributed by atoms with van der Waals surface area (Å²) in [7, 11) is 0. The maximum absolute atomic E-state index is 12.6. The lowest BCUT2D eigenvalue weighted by Crippen LogP contribution is -2.42. The van der Waals surface area contributed by atoms with E-state index in [1.807, 2.05) is 6.92 Å². The molecule has 4 nitrogen and oxygen atoms in total. The van der Waals surface area contributed by atoms with Crippen molar-refractivity contribution in [3.05, 3.63) is 0 Å². The number of unbranched alkanes of at least 4 members (excludes halogenated alkanes) is 1. The van der Waals surface area contributed by atoms with Crippen molar-refractivity contribution in [1.82, 2.24) is 4.90 Å². The summed E-state index contributed by atoms with van der Waals surface area (Å²) in [5, 5.41) is 0. The summed E-state index contributed by atoms with van der Waals surface area (Å²) in [6.45, 7) is 4.81. The van der Waals surface area contributed by atoms with E-state index in [4.69, 9.17) is 0 Å². The minimum atomic E-state index is -0.384. The molecule has 0 aromatic carbocycles. The predicted molar refractivity (Wildman–Crippen MR) is 94.6 cm³/mol. The van der Waals surface area contributed by atoms with Crippen LogP contribution in [0.2, 0.25) is 0 Å². The SMILES string of the molecule is CCCCC1CCC(C(=O)CC(=O)[C@H](CC)N2CCCC2=O)CC1. The van der Waals surface area contributed by atoms with Gasteiger partial charge in [0.25, 0.3) is 0 Å². The maximum atomic E-state index is 12.6. The van der Waals surface area contributed by atoms with Crippen molar-refractivity contribution in [1.29, 1.82) is 0 Å². The number of hydrogen-bond acceptors (Lipinski definition) is 3. The third-order valence-electron chi connectivity index (χ3n) is 5.86. The number of ketones is 2. The summed E-state index contributed by atoms with van der Waals surface area (Å²) in [6.07, 6.45) is 9.96. The molecule has 1 atom stereocenters. The molecule has 0 unspecified atom stereocenters. The van der Waals surface area contributed by atoms with Crippen LogP contribution in [0.3, 0.4) is 0 Å². The van der Waals surface area contributed by atoms with Gasteiger partial charge in [-0.2, -0.15) is 0 Å². The molecule has 1 aliphatic heterocycles. The lowest BCUT2D eigenvalue weighted by Gasteiger charge is -2.29. The summed E-state index contributed by atoms with van der Waals surface area (Å²) >= 11 is 0. The Morgan fingerprint density at radius 2 is 1.88 bits per heavy atom. The van der Waals surface area contributed by atoms with Crippen LogP contribution in [0.1, 0.15) is 84.5 Å². The second-order valence-electron chi connectivity index (χ2n) is 7.58. The fraction of sp³-hybridized carbons (Fsp3) is 0.850. The Bertz CT molecular complexity index is 452. The fourth-order valence-corrected chi connectivity index (χ4v) is 4.32. The van der Waals surface area contributed by atoms with Gasteiger partial charge in [-0.05, 0) is 44.4 Å². The van der Waals surface area contributed by atoms with Gasteiger partial charge in [-0.3, -0.25) is 14.4 Å². The Morgan fingerprint density at radius 1 is 1.17 bits per heavy atom. The number of Topliss-reactive ketones (excluding diaryl/α,β-unsaturated/α-hetero) is 2. The quantitative estimate of drug-likeness (QED) is 0.600. The molecule has 0 aromatic rings. The molecule has 4 heteroatoms. The normalized spacial score (nSPS) is 25.8. The molecule has 0 N–H and O–H groups in total. The van der Waals surface area contributed by atoms with Gasteiger partial charge in [0.15, 0.2) is 5.78 Å². The van der Waals surface area contributed by atoms with Crippen LogP contribution in [-0.4, -0.2) is 35.0 Å². The first-order valence-electron chi connectivity index (χ1n) is 9.91. The van der Waals surface area contributed by atoms with Crippen molar-refractivity contribution in [2.45, 2.75) is 90.5 Å². The summed E-state index contributed by atoms with van der Waals surface area (Å²) in [6, 6.07) is -0.384. The number of rotatable bonds is 9. The second-order valence-corrected chi connectivity index (χ2v) is 7.58. The Hall–Kier alpha value is -1.19. The maximum Gasteiger partial charge on any atom is 0.223 e. The summed E-state index contributed by atoms with van der Waals surface area (Å²) in [5.41, 5.74) is 0. The van der Waals surface area contributed by atoms with Crippen LogP contribution in [0.4, 0.5) is 0 Å². The van der Waals surface area contributed by atoms with E-state index in [1.165, 1.54) is 19.3 Å². The molecule has 2 aliphatic rings. The largest absolute Gasteiger partial charge is 0.333 e. The van der Waals surface area contributed by atoms with Crippen molar-refractivity contribution in [2.75, 3.05) is 6.54 Å². The Morgan fingerprint density at radius 3 is 2.42 bits per heavy atom. The first-order valence-corrected chi connectivity index (χ1v) is 9.91. The van der Waals surface area contributed by atoms with Gasteiger partial charge < -0.3 is 4.90 Å². The number of carbonyl (C=O) groups excluding carboxylic acids is 3. The van der Waals surface area contributed by atoms with Crippen LogP contribution < -0.4 is 0 Å². The van der Waals surface area contributed by atoms with E-state index in [0.717, 1.165) is 38.0 Å². The molecular formula is C20H33NO3. The summed E-state index contributed by atoms with van der Waals surface area (Å²) in [5.74, 6) is 0.970. The Balaban J connectivity index is 1.81. The van der Waals surface area contributed by atoms with E-state index in [2.05, 4.69) is 6.92 Å². The molecule has 1 heterocycles. The van der Waals surface area contributed by atoms with Crippen molar-refractivity contribution < 1.29 is 14.4 Å². The van der Waals surface area contributed by atoms with Crippen molar-refractivity contribution in [3.63, 3.8) is 0 Å². The lowest BCUT2D eigenvalue weighted by atomic mass is 9.77. The first-order chi connectivity index (χ1) is 11.6. The third-order valence-corrected chi connectivity index (χ3v) is 5.86. The molecule has 0 spiro atoms. The van der Waals surface area contributed by atoms with Gasteiger partial charge in [0.05, 0.1) is 12.5 Å². The highest BCUT2D eigenvalue weighted by Gasteiger charge is 2.34. The standard InChI is InChI=1S/C20H33NO3/c1-3-5-7-15-9-11-16(12-10-15)18(22)14-19(23)17(4-2)21-13-6-8-20(21)24/h15-17H,3-14H2,1-2H3/t15?,16?,17-/m0/s1. The number of hydrogen-bond donors (Lipinski definition) is 0. The highest BCUT2D eigenvalue weighted by Crippen LogP contribution is 2.33. The van der Waals surface area contributed by atoms with Crippen molar-refractivity contribution in [3.8, 4) is 0 Å². The van der Waals surface area contributed by atoms with Gasteiger partial charge in [0.1, 0.15) is 5.78 Å². The van der Waals surface area contributed by atoms with Gasteiger partial charge in [-0.15, -0.1) is 0 Å². The van der Waals surface area contributed by atoms with E-state index in [1.54, 1.807) is 4.90 Å². The molecule has 0 radical (unpaired) electrons. The van der Waals surface area contributed by atoms with Crippen molar-refractivity contribution >= 4 is 17.5 Å². The second kappa shape index (κ2) is 9.33. The molecule has 0 bridgehead atoms. The van der Waals surface area contributed by atoms with Gasteiger partial charge in [-0.1, -0.05) is 33.1 Å². The molecule has 2 fully saturated rings. The summed E-state index contributed by atoms with van der Waals surface area (Å²) in [4.78, 5) is 38.6. The zero-order valence-electron chi connectivity index (χ0n) is 15.4. The molecule has 2 rings (SSSR count). The zero-order chi connectivity index (χ0) is 17.5. The molecule has 1 amide bonds. The Labute approximate surface area is 146 Å². The smallest absolute Gasteiger partial charge is 0.223 e. The zero-order valence-corrected chi connectivity index (χ0v) is 15.4. The fourth-order valence-electron chi connectivity index (χ4n) is 4.32. The molecule has 136 valence electrons. The Kier molecular flexibility index (Phi) is 7.44. The number of amides is 1. The van der Waals surface area contributed by atoms with Crippen LogP contribution in [0.5, 0.6) is 0 Å². The monoisotopic (exact) mass is 335 g/mol. The highest BCUT2D eigenvalue weighted by molar-refractivity contribution is 6.03. The lowest BCUT2D eigenvalue weighted by molar-refractivity contribution is -0.139. The number of nitrogens with zero attached hydrogens (tertiary/aromatic N) is 1. The van der Waals surface area contributed by atoms with Gasteiger partial charge >= 0.3 is 0 Å². The average molecular weight is 335 g/mol. The molecule has 1 saturated heterocycles. The number of likely N-dealkylation sites (tertiary alicyclic amines) is 1. The van der Waals surface area contributed by atoms with Crippen LogP contribution in [-0.2, 0) is 14.4 Å². The van der Waals surface area contributed by atoms with E-state index in [9.17, 15) is 14.4 Å². The van der Waals surface area contributed by atoms with Gasteiger partial charge in [0.2, 0.25) is 5.91 Å². The number of carbonyl (C=O) groups is 3. The summed E-state index contributed by atoms with van der Waals surface area (Å²) < 4.78 is 0. The van der Waals surface area contributed by atoms with Crippen LogP contribution in [0.25, 0.3) is 0 Å². The molecule has 1 saturated carbocycles. The van der Waals surface area contributed by atoms with Crippen LogP contribution in [0.15, 0.2) is 0 Å². The van der Waals surface area contributed by atoms with Crippen LogP contribution in [0, 0.1) is 11.8 Å². The van der Waals surface area contributed by atoms with E-state index in [-0.39, 0.29) is 35.9 Å². The first kappa shape index (κ1) is 19.1. The van der Waals surface area contributed by atoms with E-state index in [0.29, 0.717) is 19.4 Å². The van der Waals surface area contributed by atoms with Crippen LogP contribution >= 0.6 is 0 Å².